The molecule has 0 amide bonds. The molecular formula is C14H24Br2N2Sn-2. The van der Waals surface area contributed by atoms with Crippen molar-refractivity contribution in [3.63, 3.8) is 0 Å². The first kappa shape index (κ1) is 18.0. The van der Waals surface area contributed by atoms with Crippen LogP contribution in [0.5, 0.6) is 0 Å². The zero-order valence-corrected chi connectivity index (χ0v) is 17.9. The van der Waals surface area contributed by atoms with Crippen LogP contribution in [0.25, 0.3) is 10.6 Å². The molecule has 5 heteroatoms. The molecule has 2 rings (SSSR count). The molecule has 2 aliphatic heterocycles. The van der Waals surface area contributed by atoms with E-state index in [0.29, 0.717) is 6.04 Å². The number of piperidine rings is 1. The Balaban J connectivity index is 0.000000224. The monoisotopic (exact) mass is 498 g/mol. The molecule has 0 aliphatic carbocycles. The van der Waals surface area contributed by atoms with Crippen molar-refractivity contribution in [1.82, 2.24) is 0 Å². The third-order valence-electron chi connectivity index (χ3n) is 3.39. The van der Waals surface area contributed by atoms with Gasteiger partial charge in [0.2, 0.25) is 0 Å². The number of allylic oxidation sites excluding steroid dienone is 2. The fourth-order valence-electron chi connectivity index (χ4n) is 1.93. The van der Waals surface area contributed by atoms with Gasteiger partial charge in [-0.2, -0.15) is 5.70 Å². The van der Waals surface area contributed by atoms with Crippen molar-refractivity contribution in [3.05, 3.63) is 34.6 Å². The minimum atomic E-state index is -1.66. The van der Waals surface area contributed by atoms with Gasteiger partial charge in [-0.3, -0.25) is 0 Å². The Labute approximate surface area is 134 Å². The number of rotatable bonds is 3. The molecule has 110 valence electrons. The fourth-order valence-corrected chi connectivity index (χ4v) is 3.36. The Hall–Kier alpha value is 0.999. The predicted molar refractivity (Wildman–Crippen MR) is 95.9 cm³/mol. The van der Waals surface area contributed by atoms with Crippen molar-refractivity contribution in [2.75, 3.05) is 13.1 Å². The normalized spacial score (nSPS) is 22.9. The molecule has 2 nitrogen and oxygen atoms in total. The van der Waals surface area contributed by atoms with Crippen LogP contribution in [0.4, 0.5) is 0 Å². The van der Waals surface area contributed by atoms with Gasteiger partial charge in [0.1, 0.15) is 0 Å². The SMILES string of the molecule is C1=CC[N-]C(C2CCCC[N-]2)=C1.C[CH2][Sn]([Br])([Br])[CH2]C. The van der Waals surface area contributed by atoms with Crippen molar-refractivity contribution in [1.29, 1.82) is 0 Å². The van der Waals surface area contributed by atoms with Crippen molar-refractivity contribution in [2.45, 2.75) is 48.0 Å². The number of halogens is 2. The molecule has 2 aliphatic rings. The first-order valence-electron chi connectivity index (χ1n) is 7.17. The Bertz CT molecular complexity index is 305. The van der Waals surface area contributed by atoms with Crippen LogP contribution in [-0.4, -0.2) is 33.1 Å². The molecule has 1 fully saturated rings. The fraction of sp³-hybridized carbons (Fsp3) is 0.714. The summed E-state index contributed by atoms with van der Waals surface area (Å²) in [5.41, 5.74) is 1.19. The predicted octanol–water partition coefficient (Wildman–Crippen LogP) is 6.00. The molecule has 19 heavy (non-hydrogen) atoms. The van der Waals surface area contributed by atoms with E-state index in [1.165, 1.54) is 33.8 Å². The molecule has 2 heterocycles. The van der Waals surface area contributed by atoms with Gasteiger partial charge in [-0.05, 0) is 0 Å². The van der Waals surface area contributed by atoms with E-state index in [-0.39, 0.29) is 0 Å². The summed E-state index contributed by atoms with van der Waals surface area (Å²) in [4.78, 5) is 0. The molecule has 0 spiro atoms. The van der Waals surface area contributed by atoms with Crippen molar-refractivity contribution in [3.8, 4) is 0 Å². The molecule has 0 bridgehead atoms. The minimum absolute atomic E-state index is 0.406. The summed E-state index contributed by atoms with van der Waals surface area (Å²) in [5.74, 6) is 0. The van der Waals surface area contributed by atoms with Crippen LogP contribution in [0.15, 0.2) is 23.9 Å². The summed E-state index contributed by atoms with van der Waals surface area (Å²) in [6, 6.07) is 0.406. The van der Waals surface area contributed by atoms with E-state index >= 15 is 0 Å². The first-order valence-corrected chi connectivity index (χ1v) is 24.0. The summed E-state index contributed by atoms with van der Waals surface area (Å²) in [7, 11) is 0. The van der Waals surface area contributed by atoms with E-state index in [1.54, 1.807) is 0 Å². The quantitative estimate of drug-likeness (QED) is 0.427. The van der Waals surface area contributed by atoms with Gasteiger partial charge in [0.05, 0.1) is 0 Å². The van der Waals surface area contributed by atoms with Crippen LogP contribution in [0, 0.1) is 0 Å². The molecule has 0 aromatic rings. The average Bonchev–Trinajstić information content (AvgIpc) is 2.50. The molecular weight excluding hydrogens is 475 g/mol. The second-order valence-electron chi connectivity index (χ2n) is 4.84. The summed E-state index contributed by atoms with van der Waals surface area (Å²) in [6.45, 7) is 6.35. The van der Waals surface area contributed by atoms with Crippen LogP contribution < -0.4 is 0 Å². The van der Waals surface area contributed by atoms with Crippen LogP contribution in [0.2, 0.25) is 8.87 Å². The van der Waals surface area contributed by atoms with Gasteiger partial charge in [-0.1, -0.05) is 31.4 Å². The zero-order chi connectivity index (χ0) is 14.1. The Morgan fingerprint density at radius 1 is 1.26 bits per heavy atom. The van der Waals surface area contributed by atoms with Crippen LogP contribution in [0.3, 0.4) is 0 Å². The maximum atomic E-state index is 4.56. The topological polar surface area (TPSA) is 28.2 Å². The standard InChI is InChI=1S/C10H14N2.2C2H5.2BrH.Sn/c1-3-7-11-9(5-1)10-6-2-4-8-12-10;2*1-2;;;/h1,3,5,10H,2,4,6-8H2;2*1H2,2H3;2*1H;/q-2;;;;;+2/p-2. The van der Waals surface area contributed by atoms with Crippen LogP contribution in [0.1, 0.15) is 33.1 Å². The van der Waals surface area contributed by atoms with Crippen LogP contribution in [-0.2, 0) is 0 Å². The van der Waals surface area contributed by atoms with E-state index in [0.717, 1.165) is 13.1 Å². The van der Waals surface area contributed by atoms with Gasteiger partial charge < -0.3 is 10.6 Å². The first-order chi connectivity index (χ1) is 9.09. The number of hydrogen-bond donors (Lipinski definition) is 0. The number of hydrogen-bond acceptors (Lipinski definition) is 0. The number of nitrogens with zero attached hydrogens (tertiary/aromatic N) is 2. The average molecular weight is 499 g/mol. The van der Waals surface area contributed by atoms with Crippen molar-refractivity contribution < 1.29 is 0 Å². The Kier molecular flexibility index (Phi) is 9.36. The summed E-state index contributed by atoms with van der Waals surface area (Å²) >= 11 is 5.75. The summed E-state index contributed by atoms with van der Waals surface area (Å²) in [5, 5.41) is 8.99. The molecule has 0 saturated carbocycles. The molecule has 0 aromatic heterocycles. The third kappa shape index (κ3) is 7.53. The van der Waals surface area contributed by atoms with Gasteiger partial charge in [0, 0.05) is 0 Å². The van der Waals surface area contributed by atoms with Crippen LogP contribution >= 0.6 is 25.4 Å². The van der Waals surface area contributed by atoms with Gasteiger partial charge in [-0.25, -0.2) is 0 Å². The molecule has 1 atom stereocenters. The molecule has 0 aromatic carbocycles. The third-order valence-corrected chi connectivity index (χ3v) is 24.3. The van der Waals surface area contributed by atoms with E-state index < -0.39 is 13.9 Å². The Morgan fingerprint density at radius 2 is 2.00 bits per heavy atom. The van der Waals surface area contributed by atoms with E-state index in [9.17, 15) is 0 Å². The van der Waals surface area contributed by atoms with Crippen molar-refractivity contribution >= 4 is 39.3 Å². The van der Waals surface area contributed by atoms with Crippen molar-refractivity contribution in [2.24, 2.45) is 0 Å². The van der Waals surface area contributed by atoms with E-state index in [2.05, 4.69) is 68.1 Å². The van der Waals surface area contributed by atoms with E-state index in [4.69, 9.17) is 0 Å². The van der Waals surface area contributed by atoms with Gasteiger partial charge >= 0.3 is 62.1 Å². The molecule has 0 radical (unpaired) electrons. The van der Waals surface area contributed by atoms with E-state index in [1.807, 2.05) is 0 Å². The summed E-state index contributed by atoms with van der Waals surface area (Å²) < 4.78 is 2.68. The second kappa shape index (κ2) is 9.85. The molecule has 1 saturated heterocycles. The molecule has 1 unspecified atom stereocenters. The maximum absolute atomic E-state index is 4.56. The summed E-state index contributed by atoms with van der Waals surface area (Å²) in [6.07, 6.45) is 10.0. The van der Waals surface area contributed by atoms with Gasteiger partial charge in [0.15, 0.2) is 0 Å². The zero-order valence-electron chi connectivity index (χ0n) is 11.9. The van der Waals surface area contributed by atoms with Gasteiger partial charge in [-0.15, -0.1) is 25.2 Å². The second-order valence-corrected chi connectivity index (χ2v) is 41.3. The molecule has 0 N–H and O–H groups in total. The van der Waals surface area contributed by atoms with Gasteiger partial charge in [0.25, 0.3) is 0 Å². The Morgan fingerprint density at radius 3 is 2.42 bits per heavy atom.